The van der Waals surface area contributed by atoms with Crippen molar-refractivity contribution in [3.8, 4) is 5.75 Å². The number of aromatic nitrogens is 1. The molecule has 56 heavy (non-hydrogen) atoms. The number of anilines is 2. The predicted molar refractivity (Wildman–Crippen MR) is 206 cm³/mol. The molecule has 2 saturated heterocycles. The summed E-state index contributed by atoms with van der Waals surface area (Å²) in [5.74, 6) is -3.23. The first-order valence-corrected chi connectivity index (χ1v) is 19.2. The lowest BCUT2D eigenvalue weighted by Gasteiger charge is -2.47. The Bertz CT molecular complexity index is 1970. The molecule has 3 fully saturated rings. The number of halogens is 3. The monoisotopic (exact) mass is 795 g/mol. The number of nitrogens with one attached hydrogen (secondary N) is 2. The molecule has 5 atom stereocenters. The van der Waals surface area contributed by atoms with E-state index in [-0.39, 0.29) is 58.4 Å². The molecule has 3 aliphatic rings. The number of rotatable bonds is 10. The van der Waals surface area contributed by atoms with Gasteiger partial charge < -0.3 is 36.0 Å². The Balaban J connectivity index is 1.00. The van der Waals surface area contributed by atoms with Gasteiger partial charge in [0.25, 0.3) is 11.8 Å². The molecule has 1 saturated carbocycles. The minimum atomic E-state index is -1.15. The zero-order chi connectivity index (χ0) is 40.5. The lowest BCUT2D eigenvalue weighted by atomic mass is 9.76. The molecule has 0 bridgehead atoms. The fourth-order valence-electron chi connectivity index (χ4n) is 7.42. The van der Waals surface area contributed by atoms with Gasteiger partial charge >= 0.3 is 0 Å². The van der Waals surface area contributed by atoms with Crippen LogP contribution in [0.5, 0.6) is 5.75 Å². The number of aliphatic hydroxyl groups is 1. The van der Waals surface area contributed by atoms with Crippen LogP contribution >= 0.6 is 11.6 Å². The summed E-state index contributed by atoms with van der Waals surface area (Å²) in [7, 11) is 0. The molecule has 2 aliphatic heterocycles. The third kappa shape index (κ3) is 8.90. The summed E-state index contributed by atoms with van der Waals surface area (Å²) in [6.07, 6.45) is 1.67. The fourth-order valence-corrected chi connectivity index (χ4v) is 7.59. The molecule has 13 nitrogen and oxygen atoms in total. The van der Waals surface area contributed by atoms with Crippen molar-refractivity contribution in [3.05, 3.63) is 82.0 Å². The molecule has 3 aromatic rings. The van der Waals surface area contributed by atoms with Crippen LogP contribution in [-0.2, 0) is 9.59 Å². The van der Waals surface area contributed by atoms with Crippen LogP contribution in [-0.4, -0.2) is 106 Å². The number of piperazine rings is 1. The Morgan fingerprint density at radius 2 is 1.66 bits per heavy atom. The number of carbonyl (C=O) groups excluding carboxylic acids is 4. The highest BCUT2D eigenvalue weighted by Gasteiger charge is 2.45. The number of carbonyl (C=O) groups is 4. The summed E-state index contributed by atoms with van der Waals surface area (Å²) in [6, 6.07) is 9.22. The Labute approximate surface area is 329 Å². The first-order valence-electron chi connectivity index (χ1n) is 18.8. The highest BCUT2D eigenvalue weighted by Crippen LogP contribution is 2.35. The van der Waals surface area contributed by atoms with Crippen LogP contribution in [0.4, 0.5) is 20.3 Å². The van der Waals surface area contributed by atoms with E-state index in [1.54, 1.807) is 34.1 Å². The number of nitrogen functional groups attached to an aromatic ring is 1. The van der Waals surface area contributed by atoms with Gasteiger partial charge in [-0.1, -0.05) is 32.4 Å². The SMILES string of the molecule is C[C@H](Oc1cc(C(=O)Nc2ccc(C(=O)N3CCN(C4CCC4C(=O)NC(C(=O)N4CCC(O)C4)C(C)(C)C)CC3)cc2)cnc1N)c1c(F)ccc(Cl)c1F. The zero-order valence-corrected chi connectivity index (χ0v) is 32.6. The molecule has 300 valence electrons. The number of nitrogens with two attached hydrogens (primary N) is 1. The van der Waals surface area contributed by atoms with Gasteiger partial charge in [-0.05, 0) is 74.1 Å². The maximum Gasteiger partial charge on any atom is 0.257 e. The number of hydrogen-bond acceptors (Lipinski definition) is 9. The lowest BCUT2D eigenvalue weighted by molar-refractivity contribution is -0.142. The first kappa shape index (κ1) is 40.8. The van der Waals surface area contributed by atoms with Crippen molar-refractivity contribution in [1.82, 2.24) is 25.0 Å². The average Bonchev–Trinajstić information content (AvgIpc) is 3.58. The molecule has 2 aromatic carbocycles. The third-order valence-electron chi connectivity index (χ3n) is 10.8. The fraction of sp³-hybridized carbons (Fsp3) is 0.475. The van der Waals surface area contributed by atoms with E-state index in [0.717, 1.165) is 25.0 Å². The summed E-state index contributed by atoms with van der Waals surface area (Å²) in [6.45, 7) is 10.1. The van der Waals surface area contributed by atoms with Crippen LogP contribution in [0.2, 0.25) is 5.02 Å². The molecule has 5 N–H and O–H groups in total. The van der Waals surface area contributed by atoms with Gasteiger partial charge in [0.2, 0.25) is 11.8 Å². The number of benzene rings is 2. The second-order valence-electron chi connectivity index (χ2n) is 15.8. The molecule has 0 spiro atoms. The maximum atomic E-state index is 14.6. The molecule has 0 radical (unpaired) electrons. The Kier molecular flexibility index (Phi) is 12.2. The van der Waals surface area contributed by atoms with E-state index in [0.29, 0.717) is 50.4 Å². The van der Waals surface area contributed by atoms with Gasteiger partial charge in [0, 0.05) is 62.8 Å². The minimum absolute atomic E-state index is 0.0238. The highest BCUT2D eigenvalue weighted by molar-refractivity contribution is 6.30. The minimum Gasteiger partial charge on any atom is -0.482 e. The topological polar surface area (TPSA) is 170 Å². The Morgan fingerprint density at radius 1 is 0.964 bits per heavy atom. The van der Waals surface area contributed by atoms with Gasteiger partial charge in [-0.2, -0.15) is 0 Å². The van der Waals surface area contributed by atoms with Gasteiger partial charge in [-0.3, -0.25) is 24.1 Å². The van der Waals surface area contributed by atoms with Crippen molar-refractivity contribution in [1.29, 1.82) is 0 Å². The number of hydrogen-bond donors (Lipinski definition) is 4. The molecule has 4 unspecified atom stereocenters. The van der Waals surface area contributed by atoms with Gasteiger partial charge in [0.05, 0.1) is 28.2 Å². The van der Waals surface area contributed by atoms with Crippen LogP contribution < -0.4 is 21.1 Å². The summed E-state index contributed by atoms with van der Waals surface area (Å²) in [4.78, 5) is 63.0. The van der Waals surface area contributed by atoms with Crippen molar-refractivity contribution in [3.63, 3.8) is 0 Å². The number of β-amino-alcohol motifs (C(OH)–C–C–N with tert-alkyl or cyclic N) is 1. The van der Waals surface area contributed by atoms with E-state index in [1.165, 1.54) is 19.2 Å². The smallest absolute Gasteiger partial charge is 0.257 e. The van der Waals surface area contributed by atoms with E-state index in [1.807, 2.05) is 20.8 Å². The number of aliphatic hydroxyl groups excluding tert-OH is 1. The number of nitrogens with zero attached hydrogens (tertiary/aromatic N) is 4. The quantitative estimate of drug-likeness (QED) is 0.214. The number of amides is 4. The van der Waals surface area contributed by atoms with Crippen molar-refractivity contribution in [2.45, 2.75) is 71.2 Å². The predicted octanol–water partition coefficient (Wildman–Crippen LogP) is 4.65. The second kappa shape index (κ2) is 16.7. The first-order chi connectivity index (χ1) is 26.5. The van der Waals surface area contributed by atoms with Crippen LogP contribution in [0.3, 0.4) is 0 Å². The maximum absolute atomic E-state index is 14.6. The zero-order valence-electron chi connectivity index (χ0n) is 31.9. The normalized spacial score (nSPS) is 21.2. The van der Waals surface area contributed by atoms with Gasteiger partial charge in [0.1, 0.15) is 18.0 Å². The summed E-state index contributed by atoms with van der Waals surface area (Å²) in [5, 5.41) is 15.5. The molecule has 16 heteroatoms. The number of ether oxygens (including phenoxy) is 1. The van der Waals surface area contributed by atoms with Crippen LogP contribution in [0, 0.1) is 23.0 Å². The van der Waals surface area contributed by atoms with Crippen LogP contribution in [0.25, 0.3) is 0 Å². The van der Waals surface area contributed by atoms with Gasteiger partial charge in [0.15, 0.2) is 17.4 Å². The van der Waals surface area contributed by atoms with E-state index < -0.39 is 46.8 Å². The number of likely N-dealkylation sites (tertiary alicyclic amines) is 1. The largest absolute Gasteiger partial charge is 0.482 e. The van der Waals surface area contributed by atoms with E-state index in [4.69, 9.17) is 22.1 Å². The van der Waals surface area contributed by atoms with E-state index >= 15 is 0 Å². The third-order valence-corrected chi connectivity index (χ3v) is 11.1. The van der Waals surface area contributed by atoms with Gasteiger partial charge in [-0.15, -0.1) is 0 Å². The second-order valence-corrected chi connectivity index (χ2v) is 16.2. The van der Waals surface area contributed by atoms with Crippen molar-refractivity contribution < 1.29 is 37.8 Å². The molecule has 6 rings (SSSR count). The van der Waals surface area contributed by atoms with Crippen molar-refractivity contribution in [2.24, 2.45) is 11.3 Å². The molecule has 1 aliphatic carbocycles. The number of pyridine rings is 1. The van der Waals surface area contributed by atoms with Crippen LogP contribution in [0.1, 0.15) is 79.3 Å². The molecule has 4 amide bonds. The van der Waals surface area contributed by atoms with Crippen LogP contribution in [0.15, 0.2) is 48.7 Å². The lowest BCUT2D eigenvalue weighted by Crippen LogP contribution is -2.61. The standard InChI is InChI=1S/C40H48ClF2N7O6/c1-22(32-29(42)11-10-28(41)33(32)43)56-31-19-24(20-45-35(31)44)36(52)46-25-7-5-23(6-8-25)38(54)49-17-15-48(16-18-49)30-12-9-27(30)37(53)47-34(40(2,3)4)39(55)50-14-13-26(51)21-50/h5-8,10-11,19-20,22,26-27,30,34,51H,9,12-18,21H2,1-4H3,(H2,44,45)(H,46,52)(H,47,53)/t22-,26?,27?,30?,34?/m0/s1. The van der Waals surface area contributed by atoms with E-state index in [2.05, 4.69) is 20.5 Å². The molecular weight excluding hydrogens is 748 g/mol. The molecule has 1 aromatic heterocycles. The average molecular weight is 796 g/mol. The highest BCUT2D eigenvalue weighted by atomic mass is 35.5. The molecule has 3 heterocycles. The summed E-state index contributed by atoms with van der Waals surface area (Å²) < 4.78 is 34.6. The van der Waals surface area contributed by atoms with Gasteiger partial charge in [-0.25, -0.2) is 13.8 Å². The summed E-state index contributed by atoms with van der Waals surface area (Å²) >= 11 is 5.82. The van der Waals surface area contributed by atoms with E-state index in [9.17, 15) is 33.1 Å². The van der Waals surface area contributed by atoms with Crippen molar-refractivity contribution >= 4 is 46.7 Å². The van der Waals surface area contributed by atoms with Crippen molar-refractivity contribution in [2.75, 3.05) is 50.3 Å². The summed E-state index contributed by atoms with van der Waals surface area (Å²) in [5.41, 5.74) is 5.97. The Hall–Kier alpha value is -4.86. The Morgan fingerprint density at radius 3 is 2.27 bits per heavy atom. The molecular formula is C40H48ClF2N7O6.